The molecule has 2 nitrogen and oxygen atoms in total. The molecule has 3 fully saturated rings. The second-order valence-electron chi connectivity index (χ2n) is 6.46. The maximum atomic E-state index is 6.43. The van der Waals surface area contributed by atoms with Gasteiger partial charge in [0.05, 0.1) is 12.2 Å². The van der Waals surface area contributed by atoms with Crippen LogP contribution in [0.4, 0.5) is 0 Å². The molecule has 0 aromatic heterocycles. The summed E-state index contributed by atoms with van der Waals surface area (Å²) in [6.45, 7) is 4.76. The van der Waals surface area contributed by atoms with E-state index in [9.17, 15) is 0 Å². The molecule has 2 aliphatic carbocycles. The second kappa shape index (κ2) is 4.89. The molecular weight excluding hydrogens is 210 g/mol. The van der Waals surface area contributed by atoms with Crippen LogP contribution in [0.3, 0.4) is 0 Å². The highest BCUT2D eigenvalue weighted by Crippen LogP contribution is 2.39. The highest BCUT2D eigenvalue weighted by Gasteiger charge is 2.45. The van der Waals surface area contributed by atoms with E-state index in [4.69, 9.17) is 4.74 Å². The third kappa shape index (κ3) is 2.15. The quantitative estimate of drug-likeness (QED) is 0.693. The molecule has 0 spiro atoms. The summed E-state index contributed by atoms with van der Waals surface area (Å²) in [5.41, 5.74) is 0. The van der Waals surface area contributed by atoms with E-state index < -0.39 is 0 Å². The third-order valence-corrected chi connectivity index (χ3v) is 5.05. The van der Waals surface area contributed by atoms with E-state index >= 15 is 0 Å². The standard InChI is InChI=1S/C15H27NO/c1-11(2)16-12-7-3-5-9-14(12)17-15-10-6-4-8-13(15)16/h11-15H,3-10H2,1-2H3. The molecule has 17 heavy (non-hydrogen) atoms. The van der Waals surface area contributed by atoms with Gasteiger partial charge in [-0.3, -0.25) is 4.90 Å². The lowest BCUT2D eigenvalue weighted by atomic mass is 9.82. The molecule has 0 aromatic carbocycles. The normalized spacial score (nSPS) is 43.2. The Bertz CT molecular complexity index is 244. The van der Waals surface area contributed by atoms with Crippen molar-refractivity contribution >= 4 is 0 Å². The molecule has 0 aromatic rings. The lowest BCUT2D eigenvalue weighted by Crippen LogP contribution is -2.64. The van der Waals surface area contributed by atoms with Gasteiger partial charge in [-0.15, -0.1) is 0 Å². The van der Waals surface area contributed by atoms with E-state index in [0.717, 1.165) is 12.1 Å². The topological polar surface area (TPSA) is 12.5 Å². The number of hydrogen-bond donors (Lipinski definition) is 0. The summed E-state index contributed by atoms with van der Waals surface area (Å²) in [6.07, 6.45) is 12.0. The first-order valence-corrected chi connectivity index (χ1v) is 7.70. The fraction of sp³-hybridized carbons (Fsp3) is 1.00. The minimum Gasteiger partial charge on any atom is -0.372 e. The van der Waals surface area contributed by atoms with E-state index in [0.29, 0.717) is 18.2 Å². The molecule has 1 heterocycles. The Morgan fingerprint density at radius 3 is 1.76 bits per heavy atom. The first-order valence-electron chi connectivity index (χ1n) is 7.70. The Labute approximate surface area is 106 Å². The predicted molar refractivity (Wildman–Crippen MR) is 70.1 cm³/mol. The number of rotatable bonds is 1. The van der Waals surface area contributed by atoms with Crippen molar-refractivity contribution in [1.29, 1.82) is 0 Å². The van der Waals surface area contributed by atoms with Crippen LogP contribution in [0, 0.1) is 0 Å². The fourth-order valence-corrected chi connectivity index (χ4v) is 4.39. The number of hydrogen-bond acceptors (Lipinski definition) is 2. The van der Waals surface area contributed by atoms with Crippen LogP contribution in [0.15, 0.2) is 0 Å². The first kappa shape index (κ1) is 12.0. The molecule has 3 aliphatic rings. The molecule has 2 heteroatoms. The maximum Gasteiger partial charge on any atom is 0.0735 e. The zero-order valence-electron chi connectivity index (χ0n) is 11.4. The molecule has 0 N–H and O–H groups in total. The molecule has 0 bridgehead atoms. The minimum absolute atomic E-state index is 0.547. The van der Waals surface area contributed by atoms with Gasteiger partial charge < -0.3 is 4.74 Å². The summed E-state index contributed by atoms with van der Waals surface area (Å²) in [5.74, 6) is 0. The monoisotopic (exact) mass is 237 g/mol. The summed E-state index contributed by atoms with van der Waals surface area (Å²) < 4.78 is 6.43. The van der Waals surface area contributed by atoms with Crippen molar-refractivity contribution in [2.75, 3.05) is 0 Å². The van der Waals surface area contributed by atoms with Gasteiger partial charge in [-0.2, -0.15) is 0 Å². The summed E-state index contributed by atoms with van der Waals surface area (Å²) in [7, 11) is 0. The van der Waals surface area contributed by atoms with E-state index in [-0.39, 0.29) is 0 Å². The Kier molecular flexibility index (Phi) is 3.45. The zero-order valence-corrected chi connectivity index (χ0v) is 11.4. The van der Waals surface area contributed by atoms with Crippen molar-refractivity contribution in [3.63, 3.8) is 0 Å². The molecule has 1 aliphatic heterocycles. The number of fused-ring (bicyclic) bond motifs is 2. The first-order chi connectivity index (χ1) is 8.27. The average molecular weight is 237 g/mol. The number of morpholine rings is 1. The molecule has 0 radical (unpaired) electrons. The van der Waals surface area contributed by atoms with Crippen LogP contribution in [0.1, 0.15) is 65.2 Å². The van der Waals surface area contributed by atoms with E-state index in [1.807, 2.05) is 0 Å². The molecule has 1 saturated heterocycles. The van der Waals surface area contributed by atoms with Crippen LogP contribution < -0.4 is 0 Å². The number of ether oxygens (including phenoxy) is 1. The molecule has 4 atom stereocenters. The summed E-state index contributed by atoms with van der Waals surface area (Å²) >= 11 is 0. The fourth-order valence-electron chi connectivity index (χ4n) is 4.39. The van der Waals surface area contributed by atoms with Crippen LogP contribution in [-0.2, 0) is 4.74 Å². The smallest absolute Gasteiger partial charge is 0.0735 e. The second-order valence-corrected chi connectivity index (χ2v) is 6.46. The largest absolute Gasteiger partial charge is 0.372 e. The average Bonchev–Trinajstić information content (AvgIpc) is 2.35. The highest BCUT2D eigenvalue weighted by molar-refractivity contribution is 4.98. The van der Waals surface area contributed by atoms with Crippen molar-refractivity contribution in [1.82, 2.24) is 4.90 Å². The molecule has 4 unspecified atom stereocenters. The van der Waals surface area contributed by atoms with Crippen LogP contribution >= 0.6 is 0 Å². The Balaban J connectivity index is 1.82. The minimum atomic E-state index is 0.547. The Morgan fingerprint density at radius 1 is 0.824 bits per heavy atom. The van der Waals surface area contributed by atoms with Crippen molar-refractivity contribution in [2.45, 2.75) is 95.5 Å². The van der Waals surface area contributed by atoms with Crippen LogP contribution in [0.2, 0.25) is 0 Å². The molecule has 2 saturated carbocycles. The van der Waals surface area contributed by atoms with Crippen LogP contribution in [-0.4, -0.2) is 35.2 Å². The van der Waals surface area contributed by atoms with E-state index in [1.54, 1.807) is 0 Å². The Morgan fingerprint density at radius 2 is 1.29 bits per heavy atom. The van der Waals surface area contributed by atoms with E-state index in [2.05, 4.69) is 18.7 Å². The van der Waals surface area contributed by atoms with Gasteiger partial charge in [-0.05, 0) is 39.5 Å². The van der Waals surface area contributed by atoms with Gasteiger partial charge in [0.2, 0.25) is 0 Å². The third-order valence-electron chi connectivity index (χ3n) is 5.05. The molecule has 98 valence electrons. The Hall–Kier alpha value is -0.0800. The van der Waals surface area contributed by atoms with Crippen LogP contribution in [0.25, 0.3) is 0 Å². The zero-order chi connectivity index (χ0) is 11.8. The maximum absolute atomic E-state index is 6.43. The molecular formula is C15H27NO. The van der Waals surface area contributed by atoms with Gasteiger partial charge in [0, 0.05) is 18.1 Å². The lowest BCUT2D eigenvalue weighted by Gasteiger charge is -2.55. The lowest BCUT2D eigenvalue weighted by molar-refractivity contribution is -0.183. The molecule has 3 rings (SSSR count). The van der Waals surface area contributed by atoms with Crippen molar-refractivity contribution < 1.29 is 4.74 Å². The van der Waals surface area contributed by atoms with E-state index in [1.165, 1.54) is 51.4 Å². The SMILES string of the molecule is CC(C)N1C2CCCCC2OC2CCCCC21. The summed E-state index contributed by atoms with van der Waals surface area (Å²) in [5, 5.41) is 0. The predicted octanol–water partition coefficient (Wildman–Crippen LogP) is 3.35. The number of nitrogens with zero attached hydrogens (tertiary/aromatic N) is 1. The highest BCUT2D eigenvalue weighted by atomic mass is 16.5. The van der Waals surface area contributed by atoms with Gasteiger partial charge >= 0.3 is 0 Å². The van der Waals surface area contributed by atoms with Crippen molar-refractivity contribution in [3.8, 4) is 0 Å². The van der Waals surface area contributed by atoms with Gasteiger partial charge in [0.15, 0.2) is 0 Å². The van der Waals surface area contributed by atoms with Gasteiger partial charge in [0.1, 0.15) is 0 Å². The van der Waals surface area contributed by atoms with Gasteiger partial charge in [0.25, 0.3) is 0 Å². The van der Waals surface area contributed by atoms with Crippen molar-refractivity contribution in [3.05, 3.63) is 0 Å². The molecule has 0 amide bonds. The van der Waals surface area contributed by atoms with Crippen LogP contribution in [0.5, 0.6) is 0 Å². The van der Waals surface area contributed by atoms with Crippen molar-refractivity contribution in [2.24, 2.45) is 0 Å². The van der Waals surface area contributed by atoms with Gasteiger partial charge in [-0.25, -0.2) is 0 Å². The summed E-state index contributed by atoms with van der Waals surface area (Å²) in [4.78, 5) is 2.83. The summed E-state index contributed by atoms with van der Waals surface area (Å²) in [6, 6.07) is 2.14. The van der Waals surface area contributed by atoms with Gasteiger partial charge in [-0.1, -0.05) is 25.7 Å².